The molecular formula is C17H27N3O5. The van der Waals surface area contributed by atoms with Gasteiger partial charge in [-0.25, -0.2) is 14.8 Å². The lowest BCUT2D eigenvalue weighted by Crippen LogP contribution is -2.39. The van der Waals surface area contributed by atoms with Crippen molar-refractivity contribution in [3.05, 3.63) is 12.4 Å². The number of ether oxygens (including phenoxy) is 4. The molecule has 0 aromatic carbocycles. The highest BCUT2D eigenvalue weighted by Crippen LogP contribution is 2.24. The molecule has 2 rings (SSSR count). The van der Waals surface area contributed by atoms with Gasteiger partial charge in [0.1, 0.15) is 24.6 Å². The average Bonchev–Trinajstić information content (AvgIpc) is 2.87. The van der Waals surface area contributed by atoms with Crippen molar-refractivity contribution in [2.75, 3.05) is 26.9 Å². The Morgan fingerprint density at radius 1 is 1.28 bits per heavy atom. The number of likely N-dealkylation sites (tertiary alicyclic amines) is 1. The first-order valence-electron chi connectivity index (χ1n) is 8.38. The Hall–Kier alpha value is -2.09. The van der Waals surface area contributed by atoms with Crippen LogP contribution in [0.5, 0.6) is 11.8 Å². The Bertz CT molecular complexity index is 576. The Labute approximate surface area is 148 Å². The second-order valence-corrected chi connectivity index (χ2v) is 6.99. The molecule has 1 aliphatic rings. The van der Waals surface area contributed by atoms with Crippen molar-refractivity contribution >= 4 is 6.09 Å². The third-order valence-electron chi connectivity index (χ3n) is 3.61. The molecule has 1 aromatic rings. The monoisotopic (exact) mass is 353 g/mol. The van der Waals surface area contributed by atoms with E-state index in [1.165, 1.54) is 6.33 Å². The summed E-state index contributed by atoms with van der Waals surface area (Å²) in [6, 6.07) is 1.68. The van der Waals surface area contributed by atoms with Crippen LogP contribution in [0.3, 0.4) is 0 Å². The van der Waals surface area contributed by atoms with E-state index >= 15 is 0 Å². The number of methoxy groups -OCH3 is 1. The van der Waals surface area contributed by atoms with Gasteiger partial charge in [-0.15, -0.1) is 0 Å². The second-order valence-electron chi connectivity index (χ2n) is 6.99. The SMILES string of the molecule is COCCOc1cc(O[C@@H]2C[C@@H](C)N(C(=O)OC(C)(C)C)C2)ncn1. The number of hydrogen-bond donors (Lipinski definition) is 0. The van der Waals surface area contributed by atoms with Gasteiger partial charge in [-0.1, -0.05) is 0 Å². The molecule has 1 fully saturated rings. The summed E-state index contributed by atoms with van der Waals surface area (Å²) in [7, 11) is 1.61. The summed E-state index contributed by atoms with van der Waals surface area (Å²) in [6.45, 7) is 8.88. The van der Waals surface area contributed by atoms with E-state index in [2.05, 4.69) is 9.97 Å². The Morgan fingerprint density at radius 3 is 2.68 bits per heavy atom. The van der Waals surface area contributed by atoms with E-state index in [1.54, 1.807) is 18.1 Å². The first-order valence-corrected chi connectivity index (χ1v) is 8.38. The molecule has 0 aliphatic carbocycles. The molecule has 25 heavy (non-hydrogen) atoms. The van der Waals surface area contributed by atoms with Gasteiger partial charge in [-0.3, -0.25) is 0 Å². The molecule has 0 saturated carbocycles. The summed E-state index contributed by atoms with van der Waals surface area (Å²) in [6.07, 6.45) is 1.63. The van der Waals surface area contributed by atoms with E-state index in [-0.39, 0.29) is 18.2 Å². The van der Waals surface area contributed by atoms with Crippen LogP contribution in [0.1, 0.15) is 34.1 Å². The zero-order chi connectivity index (χ0) is 18.4. The van der Waals surface area contributed by atoms with Crippen LogP contribution >= 0.6 is 0 Å². The zero-order valence-corrected chi connectivity index (χ0v) is 15.5. The maximum atomic E-state index is 12.3. The van der Waals surface area contributed by atoms with Gasteiger partial charge in [0.25, 0.3) is 0 Å². The molecule has 1 saturated heterocycles. The fraction of sp³-hybridized carbons (Fsp3) is 0.706. The summed E-state index contributed by atoms with van der Waals surface area (Å²) < 4.78 is 21.7. The van der Waals surface area contributed by atoms with E-state index in [9.17, 15) is 4.79 Å². The molecule has 0 N–H and O–H groups in total. The molecule has 0 spiro atoms. The lowest BCUT2D eigenvalue weighted by Gasteiger charge is -2.26. The highest BCUT2D eigenvalue weighted by atomic mass is 16.6. The van der Waals surface area contributed by atoms with Crippen molar-refractivity contribution in [2.24, 2.45) is 0 Å². The molecule has 0 bridgehead atoms. The maximum absolute atomic E-state index is 12.3. The fourth-order valence-electron chi connectivity index (χ4n) is 2.51. The van der Waals surface area contributed by atoms with Crippen molar-refractivity contribution in [3.63, 3.8) is 0 Å². The number of rotatable bonds is 6. The molecule has 8 heteroatoms. The lowest BCUT2D eigenvalue weighted by atomic mass is 10.2. The van der Waals surface area contributed by atoms with Crippen molar-refractivity contribution in [1.82, 2.24) is 14.9 Å². The van der Waals surface area contributed by atoms with Crippen LogP contribution in [0.4, 0.5) is 4.79 Å². The van der Waals surface area contributed by atoms with Gasteiger partial charge in [0, 0.05) is 19.6 Å². The number of carbonyl (C=O) groups is 1. The van der Waals surface area contributed by atoms with Crippen molar-refractivity contribution in [1.29, 1.82) is 0 Å². The Morgan fingerprint density at radius 2 is 2.00 bits per heavy atom. The molecule has 8 nitrogen and oxygen atoms in total. The van der Waals surface area contributed by atoms with E-state index in [0.717, 1.165) is 0 Å². The van der Waals surface area contributed by atoms with Gasteiger partial charge in [0.2, 0.25) is 11.8 Å². The Balaban J connectivity index is 1.91. The van der Waals surface area contributed by atoms with Gasteiger partial charge in [0.15, 0.2) is 0 Å². The normalized spacial score (nSPS) is 20.4. The summed E-state index contributed by atoms with van der Waals surface area (Å²) >= 11 is 0. The van der Waals surface area contributed by atoms with Gasteiger partial charge in [-0.2, -0.15) is 0 Å². The smallest absolute Gasteiger partial charge is 0.410 e. The fourth-order valence-corrected chi connectivity index (χ4v) is 2.51. The van der Waals surface area contributed by atoms with Crippen LogP contribution in [-0.2, 0) is 9.47 Å². The summed E-state index contributed by atoms with van der Waals surface area (Å²) in [5.41, 5.74) is -0.517. The van der Waals surface area contributed by atoms with Crippen molar-refractivity contribution in [2.45, 2.75) is 51.9 Å². The van der Waals surface area contributed by atoms with Crippen LogP contribution < -0.4 is 9.47 Å². The summed E-state index contributed by atoms with van der Waals surface area (Å²) in [5, 5.41) is 0. The molecule has 0 unspecified atom stereocenters. The standard InChI is InChI=1S/C17H27N3O5/c1-12-8-13(10-20(12)16(21)25-17(2,3)4)24-15-9-14(18-11-19-15)23-7-6-22-5/h9,11-13H,6-8,10H2,1-5H3/t12-,13-/m1/s1. The van der Waals surface area contributed by atoms with Crippen molar-refractivity contribution < 1.29 is 23.7 Å². The molecule has 0 radical (unpaired) electrons. The maximum Gasteiger partial charge on any atom is 0.410 e. The second kappa shape index (κ2) is 8.33. The van der Waals surface area contributed by atoms with Crippen LogP contribution in [-0.4, -0.2) is 65.6 Å². The van der Waals surface area contributed by atoms with Gasteiger partial charge in [-0.05, 0) is 27.7 Å². The van der Waals surface area contributed by atoms with Crippen LogP contribution in [0.25, 0.3) is 0 Å². The minimum Gasteiger partial charge on any atom is -0.475 e. The number of amides is 1. The highest BCUT2D eigenvalue weighted by Gasteiger charge is 2.36. The van der Waals surface area contributed by atoms with E-state index in [1.807, 2.05) is 27.7 Å². The van der Waals surface area contributed by atoms with E-state index in [4.69, 9.17) is 18.9 Å². The third-order valence-corrected chi connectivity index (χ3v) is 3.61. The lowest BCUT2D eigenvalue weighted by molar-refractivity contribution is 0.0223. The summed E-state index contributed by atoms with van der Waals surface area (Å²) in [4.78, 5) is 22.1. The first kappa shape index (κ1) is 19.2. The largest absolute Gasteiger partial charge is 0.475 e. The van der Waals surface area contributed by atoms with Crippen LogP contribution in [0.2, 0.25) is 0 Å². The summed E-state index contributed by atoms with van der Waals surface area (Å²) in [5.74, 6) is 0.850. The minimum absolute atomic E-state index is 0.0408. The average molecular weight is 353 g/mol. The number of aromatic nitrogens is 2. The number of hydrogen-bond acceptors (Lipinski definition) is 7. The minimum atomic E-state index is -0.517. The molecule has 2 heterocycles. The van der Waals surface area contributed by atoms with Crippen molar-refractivity contribution in [3.8, 4) is 11.8 Å². The predicted molar refractivity (Wildman–Crippen MR) is 90.8 cm³/mol. The first-order chi connectivity index (χ1) is 11.8. The molecule has 1 aliphatic heterocycles. The zero-order valence-electron chi connectivity index (χ0n) is 15.5. The van der Waals surface area contributed by atoms with Crippen LogP contribution in [0.15, 0.2) is 12.4 Å². The van der Waals surface area contributed by atoms with Crippen LogP contribution in [0, 0.1) is 0 Å². The van der Waals surface area contributed by atoms with E-state index < -0.39 is 5.60 Å². The molecule has 2 atom stereocenters. The number of carbonyl (C=O) groups excluding carboxylic acids is 1. The highest BCUT2D eigenvalue weighted by molar-refractivity contribution is 5.69. The van der Waals surface area contributed by atoms with Gasteiger partial charge >= 0.3 is 6.09 Å². The van der Waals surface area contributed by atoms with E-state index in [0.29, 0.717) is 37.9 Å². The third kappa shape index (κ3) is 6.04. The topological polar surface area (TPSA) is 83.0 Å². The molecule has 1 amide bonds. The molecular weight excluding hydrogens is 326 g/mol. The Kier molecular flexibility index (Phi) is 6.41. The molecule has 1 aromatic heterocycles. The molecule has 140 valence electrons. The predicted octanol–water partition coefficient (Wildman–Crippen LogP) is 2.28. The quantitative estimate of drug-likeness (QED) is 0.726. The van der Waals surface area contributed by atoms with Gasteiger partial charge < -0.3 is 23.8 Å². The number of nitrogens with zero attached hydrogens (tertiary/aromatic N) is 3. The van der Waals surface area contributed by atoms with Gasteiger partial charge in [0.05, 0.1) is 19.2 Å².